The first kappa shape index (κ1) is 99.1. The van der Waals surface area contributed by atoms with Crippen molar-refractivity contribution in [1.82, 2.24) is 0 Å². The third-order valence-electron chi connectivity index (χ3n) is 26.2. The molecule has 5 atom stereocenters. The van der Waals surface area contributed by atoms with Gasteiger partial charge in [-0.3, -0.25) is 24.0 Å². The molecule has 0 aliphatic carbocycles. The van der Waals surface area contributed by atoms with Crippen LogP contribution in [-0.4, -0.2) is 29.8 Å². The molecule has 129 heavy (non-hydrogen) atoms. The number of rotatable bonds is 6. The molecule has 0 saturated carbocycles. The Hall–Kier alpha value is -10.5. The first-order valence-corrected chi connectivity index (χ1v) is 46.6. The molecule has 0 aromatic heterocycles. The minimum Gasteiger partial charge on any atom is -0.425 e. The summed E-state index contributed by atoms with van der Waals surface area (Å²) in [6, 6.07) is 57.4. The predicted molar refractivity (Wildman–Crippen MR) is 531 cm³/mol. The van der Waals surface area contributed by atoms with Crippen molar-refractivity contribution in [3.05, 3.63) is 320 Å². The summed E-state index contributed by atoms with van der Waals surface area (Å²) >= 11 is 0. The fourth-order valence-corrected chi connectivity index (χ4v) is 17.7. The Morgan fingerprint density at radius 2 is 0.457 bits per heavy atom. The smallest absolute Gasteiger partial charge is 0.323 e. The van der Waals surface area contributed by atoms with Gasteiger partial charge < -0.3 is 23.7 Å². The number of esters is 5. The Bertz CT molecular complexity index is 5980. The van der Waals surface area contributed by atoms with Crippen LogP contribution in [0.15, 0.2) is 164 Å². The van der Waals surface area contributed by atoms with Crippen LogP contribution >= 0.6 is 0 Å². The van der Waals surface area contributed by atoms with Crippen LogP contribution in [0, 0.1) is 48.5 Å². The summed E-state index contributed by atoms with van der Waals surface area (Å²) in [5.74, 6) is 1.30. The van der Waals surface area contributed by atoms with Crippen molar-refractivity contribution in [3.63, 3.8) is 0 Å². The average molecular weight is 1740 g/mol. The van der Waals surface area contributed by atoms with E-state index < -0.39 is 0 Å². The minimum atomic E-state index is -0.340. The molecule has 0 saturated heterocycles. The summed E-state index contributed by atoms with van der Waals surface area (Å²) < 4.78 is 29.1. The Labute approximate surface area is 774 Å². The molecule has 0 radical (unpaired) electrons. The number of hydrogen-bond donors (Lipinski definition) is 0. The van der Waals surface area contributed by atoms with Crippen LogP contribution in [0.25, 0.3) is 0 Å². The van der Waals surface area contributed by atoms with Gasteiger partial charge in [-0.25, -0.2) is 0 Å². The van der Waals surface area contributed by atoms with Crippen LogP contribution in [0.5, 0.6) is 28.7 Å². The van der Waals surface area contributed by atoms with Crippen molar-refractivity contribution in [2.75, 3.05) is 0 Å². The Morgan fingerprint density at radius 1 is 0.209 bits per heavy atom. The summed E-state index contributed by atoms with van der Waals surface area (Å²) in [7, 11) is 0. The molecule has 10 nitrogen and oxygen atoms in total. The zero-order chi connectivity index (χ0) is 96.2. The maximum atomic E-state index is 12.9. The molecule has 5 heterocycles. The Balaban J connectivity index is 0.000000156. The van der Waals surface area contributed by atoms with Crippen molar-refractivity contribution in [1.29, 1.82) is 0 Å². The van der Waals surface area contributed by atoms with Crippen LogP contribution in [0.2, 0.25) is 0 Å². The van der Waals surface area contributed by atoms with Crippen LogP contribution in [-0.2, 0) is 84.5 Å². The van der Waals surface area contributed by atoms with E-state index in [1.807, 2.05) is 12.1 Å². The van der Waals surface area contributed by atoms with Gasteiger partial charge in [-0.05, 0) is 192 Å². The molecule has 0 amide bonds. The zero-order valence-corrected chi connectivity index (χ0v) is 85.3. The number of fused-ring (bicyclic) bond motifs is 5. The lowest BCUT2D eigenvalue weighted by Gasteiger charge is -2.27. The molecule has 15 rings (SSSR count). The van der Waals surface area contributed by atoms with Gasteiger partial charge in [-0.15, -0.1) is 0 Å². The number of carbonyl (C=O) groups is 5. The number of carbonyl (C=O) groups excluding carboxylic acids is 5. The standard InChI is InChI=1S/4C24H30O2.C23H28O2/c1-14-9-10-16(11-15(14)2)20-18-12-17(23(3,4)5)13-19(24(6,7)8)21(18)26-22(20)25;1-14-9-10-17(15(2)11-14)20-18-12-16(23(3,4)5)13-19(24(6,7)8)21(18)26-22(20)25;1-14-9-10-15(2)17(11-14)20-18-12-16(23(3,4)5)13-19(24(6,7)8)21(18)26-22(20)25;1-8-15-9-11-16(12-10-15)20-18-13-17(23(2,3)4)14-19(24(5,6)7)21(18)26-22(20)25;1-14-8-10-15(11-9-14)19-17-12-16(22(2,3)4)13-18(23(5,6)7)20(17)25-21(19)24/h3*9-13,20H,1-8H3;9-14,20H,8H2,1-7H3;8-13,19H,1-7H3. The van der Waals surface area contributed by atoms with Gasteiger partial charge in [0.1, 0.15) is 58.3 Å². The quantitative estimate of drug-likeness (QED) is 0.117. The van der Waals surface area contributed by atoms with Crippen molar-refractivity contribution < 1.29 is 47.7 Å². The normalized spacial score (nSPS) is 17.3. The highest BCUT2D eigenvalue weighted by Gasteiger charge is 2.46. The van der Waals surface area contributed by atoms with E-state index >= 15 is 0 Å². The third-order valence-corrected chi connectivity index (χ3v) is 26.2. The van der Waals surface area contributed by atoms with Crippen LogP contribution in [0.4, 0.5) is 0 Å². The second-order valence-electron chi connectivity index (χ2n) is 47.6. The highest BCUT2D eigenvalue weighted by Crippen LogP contribution is 2.54. The number of aryl methyl sites for hydroxylation is 8. The van der Waals surface area contributed by atoms with Crippen molar-refractivity contribution in [3.8, 4) is 28.7 Å². The fourth-order valence-electron chi connectivity index (χ4n) is 17.7. The highest BCUT2D eigenvalue weighted by atomic mass is 16.6. The van der Waals surface area contributed by atoms with E-state index in [-0.39, 0.29) is 114 Å². The zero-order valence-electron chi connectivity index (χ0n) is 85.3. The molecule has 10 heteroatoms. The van der Waals surface area contributed by atoms with E-state index in [1.165, 1.54) is 55.6 Å². The average Bonchev–Trinajstić information content (AvgIpc) is 1.66. The molecule has 684 valence electrons. The van der Waals surface area contributed by atoms with Crippen LogP contribution in [0.3, 0.4) is 0 Å². The molecule has 5 aliphatic rings. The van der Waals surface area contributed by atoms with Gasteiger partial charge in [0.2, 0.25) is 0 Å². The van der Waals surface area contributed by atoms with Crippen molar-refractivity contribution >= 4 is 29.8 Å². The number of ether oxygens (including phenoxy) is 5. The largest absolute Gasteiger partial charge is 0.425 e. The molecule has 0 fully saturated rings. The molecule has 0 spiro atoms. The summed E-state index contributed by atoms with van der Waals surface area (Å²) in [5.41, 5.74) is 31.1. The van der Waals surface area contributed by atoms with E-state index in [1.54, 1.807) is 0 Å². The summed E-state index contributed by atoms with van der Waals surface area (Å²) in [5, 5.41) is 0. The monoisotopic (exact) mass is 1740 g/mol. The van der Waals surface area contributed by atoms with E-state index in [4.69, 9.17) is 23.7 Å². The lowest BCUT2D eigenvalue weighted by atomic mass is 9.77. The Kier molecular flexibility index (Phi) is 27.4. The van der Waals surface area contributed by atoms with Crippen LogP contribution < -0.4 is 23.7 Å². The van der Waals surface area contributed by atoms with Crippen molar-refractivity contribution in [2.45, 2.75) is 353 Å². The van der Waals surface area contributed by atoms with Gasteiger partial charge in [-0.2, -0.15) is 0 Å². The molecule has 0 N–H and O–H groups in total. The molecule has 5 aliphatic heterocycles. The SMILES string of the molecule is CCc1ccc(C2C(=O)Oc3c2cc(C(C)(C)C)cc3C(C)(C)C)cc1.Cc1ccc(C)c(C2C(=O)Oc3c2cc(C(C)(C)C)cc3C(C)(C)C)c1.Cc1ccc(C2C(=O)Oc3c2cc(C(C)(C)C)cc3C(C)(C)C)c(C)c1.Cc1ccc(C2C(=O)Oc3c2cc(C(C)(C)C)cc3C(C)(C)C)cc1.Cc1ccc(C2C(=O)Oc3c2cc(C(C)(C)C)cc3C(C)(C)C)cc1C. The van der Waals surface area contributed by atoms with Gasteiger partial charge in [0.05, 0.1) is 0 Å². The van der Waals surface area contributed by atoms with Crippen LogP contribution in [0.1, 0.15) is 400 Å². The van der Waals surface area contributed by atoms with Gasteiger partial charge >= 0.3 is 29.8 Å². The highest BCUT2D eigenvalue weighted by molar-refractivity contribution is 5.94. The van der Waals surface area contributed by atoms with Gasteiger partial charge in [0, 0.05) is 55.6 Å². The van der Waals surface area contributed by atoms with Gasteiger partial charge in [0.25, 0.3) is 0 Å². The molecule has 10 aromatic carbocycles. The van der Waals surface area contributed by atoms with E-state index in [0.29, 0.717) is 0 Å². The maximum absolute atomic E-state index is 12.9. The fraction of sp³-hybridized carbons (Fsp3) is 0.454. The van der Waals surface area contributed by atoms with Gasteiger partial charge in [-0.1, -0.05) is 395 Å². The second-order valence-corrected chi connectivity index (χ2v) is 47.6. The lowest BCUT2D eigenvalue weighted by Crippen LogP contribution is -2.17. The first-order chi connectivity index (χ1) is 59.2. The minimum absolute atomic E-state index is 0.00681. The molecule has 5 unspecified atom stereocenters. The number of benzene rings is 10. The van der Waals surface area contributed by atoms with Gasteiger partial charge in [0.15, 0.2) is 0 Å². The molecular weight excluding hydrogens is 1590 g/mol. The first-order valence-electron chi connectivity index (χ1n) is 46.6. The summed E-state index contributed by atoms with van der Waals surface area (Å²) in [4.78, 5) is 64.2. The summed E-state index contributed by atoms with van der Waals surface area (Å²) in [6.45, 7) is 82.4. The number of hydrogen-bond acceptors (Lipinski definition) is 10. The molecule has 10 aromatic rings. The molecular formula is C119H148O10. The topological polar surface area (TPSA) is 132 Å². The predicted octanol–water partition coefficient (Wildman–Crippen LogP) is 29.4. The third kappa shape index (κ3) is 21.4. The van der Waals surface area contributed by atoms with E-state index in [0.717, 1.165) is 135 Å². The summed E-state index contributed by atoms with van der Waals surface area (Å²) in [6.07, 6.45) is 0.994. The maximum Gasteiger partial charge on any atom is 0.323 e. The lowest BCUT2D eigenvalue weighted by molar-refractivity contribution is -0.134. The Morgan fingerprint density at radius 3 is 0.744 bits per heavy atom. The van der Waals surface area contributed by atoms with E-state index in [2.05, 4.69) is 415 Å². The van der Waals surface area contributed by atoms with E-state index in [9.17, 15) is 24.0 Å². The molecule has 0 bridgehead atoms. The second kappa shape index (κ2) is 35.7. The van der Waals surface area contributed by atoms with Crippen molar-refractivity contribution in [2.24, 2.45) is 0 Å².